The van der Waals surface area contributed by atoms with Gasteiger partial charge in [-0.1, -0.05) is 24.3 Å². The third kappa shape index (κ3) is 3.12. The Morgan fingerprint density at radius 3 is 2.35 bits per heavy atom. The Morgan fingerprint density at radius 1 is 1.06 bits per heavy atom. The standard InChI is InChI=1S/C14H10FIO/c15-13-4-2-1-3-12(13)14(17)9-10-5-7-11(16)8-6-10/h1-8H,9H2. The summed E-state index contributed by atoms with van der Waals surface area (Å²) in [5.74, 6) is -0.646. The largest absolute Gasteiger partial charge is 0.294 e. The van der Waals surface area contributed by atoms with Crippen molar-refractivity contribution in [2.75, 3.05) is 0 Å². The molecule has 0 aliphatic rings. The number of ketones is 1. The Bertz CT molecular complexity index is 534. The molecule has 0 N–H and O–H groups in total. The molecular weight excluding hydrogens is 330 g/mol. The van der Waals surface area contributed by atoms with Gasteiger partial charge in [0.1, 0.15) is 5.82 Å². The van der Waals surface area contributed by atoms with E-state index < -0.39 is 5.82 Å². The van der Waals surface area contributed by atoms with Crippen molar-refractivity contribution in [1.82, 2.24) is 0 Å². The SMILES string of the molecule is O=C(Cc1ccc(I)cc1)c1ccccc1F. The van der Waals surface area contributed by atoms with Gasteiger partial charge in [-0.25, -0.2) is 4.39 Å². The van der Waals surface area contributed by atoms with E-state index in [4.69, 9.17) is 0 Å². The first-order chi connectivity index (χ1) is 8.16. The van der Waals surface area contributed by atoms with Crippen LogP contribution in [0.4, 0.5) is 4.39 Å². The minimum atomic E-state index is -0.456. The summed E-state index contributed by atoms with van der Waals surface area (Å²) in [6.45, 7) is 0. The Kier molecular flexibility index (Phi) is 3.89. The average molecular weight is 340 g/mol. The monoisotopic (exact) mass is 340 g/mol. The lowest BCUT2D eigenvalue weighted by Gasteiger charge is -2.03. The van der Waals surface area contributed by atoms with Crippen LogP contribution in [0.2, 0.25) is 0 Å². The fourth-order valence-electron chi connectivity index (χ4n) is 1.57. The van der Waals surface area contributed by atoms with Gasteiger partial charge in [0.2, 0.25) is 0 Å². The van der Waals surface area contributed by atoms with Crippen LogP contribution in [0.3, 0.4) is 0 Å². The molecule has 17 heavy (non-hydrogen) atoms. The van der Waals surface area contributed by atoms with Gasteiger partial charge in [-0.3, -0.25) is 4.79 Å². The molecule has 0 fully saturated rings. The molecule has 2 aromatic rings. The van der Waals surface area contributed by atoms with Crippen LogP contribution in [0.25, 0.3) is 0 Å². The van der Waals surface area contributed by atoms with E-state index in [0.717, 1.165) is 9.13 Å². The predicted molar refractivity (Wildman–Crippen MR) is 73.6 cm³/mol. The third-order valence-electron chi connectivity index (χ3n) is 2.45. The number of carbonyl (C=O) groups excluding carboxylic acids is 1. The van der Waals surface area contributed by atoms with E-state index in [1.807, 2.05) is 24.3 Å². The van der Waals surface area contributed by atoms with Crippen molar-refractivity contribution in [2.45, 2.75) is 6.42 Å². The van der Waals surface area contributed by atoms with Gasteiger partial charge in [0, 0.05) is 9.99 Å². The molecule has 0 aliphatic heterocycles. The summed E-state index contributed by atoms with van der Waals surface area (Å²) in [5.41, 5.74) is 1.06. The van der Waals surface area contributed by atoms with Gasteiger partial charge < -0.3 is 0 Å². The van der Waals surface area contributed by atoms with E-state index in [1.165, 1.54) is 12.1 Å². The molecule has 0 saturated carbocycles. The summed E-state index contributed by atoms with van der Waals surface area (Å²) in [5, 5.41) is 0. The van der Waals surface area contributed by atoms with Crippen molar-refractivity contribution < 1.29 is 9.18 Å². The lowest BCUT2D eigenvalue weighted by Crippen LogP contribution is -2.05. The lowest BCUT2D eigenvalue weighted by molar-refractivity contribution is 0.0989. The molecule has 0 atom stereocenters. The Balaban J connectivity index is 2.17. The normalized spacial score (nSPS) is 10.2. The molecule has 0 heterocycles. The second kappa shape index (κ2) is 5.40. The maximum atomic E-state index is 13.4. The topological polar surface area (TPSA) is 17.1 Å². The van der Waals surface area contributed by atoms with Gasteiger partial charge in [0.05, 0.1) is 5.56 Å². The highest BCUT2D eigenvalue weighted by atomic mass is 127. The number of hydrogen-bond acceptors (Lipinski definition) is 1. The fourth-order valence-corrected chi connectivity index (χ4v) is 1.93. The molecule has 0 unspecified atom stereocenters. The van der Waals surface area contributed by atoms with Crippen LogP contribution in [0, 0.1) is 9.39 Å². The molecule has 0 amide bonds. The number of carbonyl (C=O) groups is 1. The molecule has 0 aromatic heterocycles. The van der Waals surface area contributed by atoms with Crippen LogP contribution in [-0.2, 0) is 6.42 Å². The summed E-state index contributed by atoms with van der Waals surface area (Å²) in [6, 6.07) is 13.7. The lowest BCUT2D eigenvalue weighted by atomic mass is 10.0. The van der Waals surface area contributed by atoms with Crippen LogP contribution in [0.5, 0.6) is 0 Å². The minimum absolute atomic E-state index is 0.158. The van der Waals surface area contributed by atoms with Crippen molar-refractivity contribution in [3.8, 4) is 0 Å². The molecule has 2 aromatic carbocycles. The number of hydrogen-bond donors (Lipinski definition) is 0. The predicted octanol–water partition coefficient (Wildman–Crippen LogP) is 3.86. The first kappa shape index (κ1) is 12.2. The van der Waals surface area contributed by atoms with E-state index in [2.05, 4.69) is 22.6 Å². The number of rotatable bonds is 3. The number of benzene rings is 2. The highest BCUT2D eigenvalue weighted by molar-refractivity contribution is 14.1. The molecule has 1 nitrogen and oxygen atoms in total. The van der Waals surface area contributed by atoms with Gasteiger partial charge in [0.15, 0.2) is 5.78 Å². The molecule has 2 rings (SSSR count). The van der Waals surface area contributed by atoms with Gasteiger partial charge in [-0.2, -0.15) is 0 Å². The van der Waals surface area contributed by atoms with Crippen molar-refractivity contribution in [1.29, 1.82) is 0 Å². The molecule has 0 bridgehead atoms. The molecule has 0 saturated heterocycles. The van der Waals surface area contributed by atoms with Crippen molar-refractivity contribution in [2.24, 2.45) is 0 Å². The fraction of sp³-hybridized carbons (Fsp3) is 0.0714. The smallest absolute Gasteiger partial charge is 0.170 e. The van der Waals surface area contributed by atoms with Crippen LogP contribution in [0.15, 0.2) is 48.5 Å². The summed E-state index contributed by atoms with van der Waals surface area (Å²) in [7, 11) is 0. The summed E-state index contributed by atoms with van der Waals surface area (Å²) in [4.78, 5) is 11.9. The van der Waals surface area contributed by atoms with E-state index >= 15 is 0 Å². The Morgan fingerprint density at radius 2 is 1.71 bits per heavy atom. The Labute approximate surface area is 113 Å². The minimum Gasteiger partial charge on any atom is -0.294 e. The van der Waals surface area contributed by atoms with Crippen molar-refractivity contribution in [3.63, 3.8) is 0 Å². The summed E-state index contributed by atoms with van der Waals surface area (Å²) in [6.07, 6.45) is 0.234. The van der Waals surface area contributed by atoms with Crippen LogP contribution >= 0.6 is 22.6 Å². The van der Waals surface area contributed by atoms with Gasteiger partial charge in [0.25, 0.3) is 0 Å². The van der Waals surface area contributed by atoms with Crippen molar-refractivity contribution in [3.05, 3.63) is 69.0 Å². The molecule has 0 spiro atoms. The first-order valence-electron chi connectivity index (χ1n) is 5.19. The molecule has 3 heteroatoms. The zero-order chi connectivity index (χ0) is 12.3. The number of Topliss-reactive ketones (excluding diaryl/α,β-unsaturated/α-hetero) is 1. The van der Waals surface area contributed by atoms with Crippen molar-refractivity contribution >= 4 is 28.4 Å². The zero-order valence-electron chi connectivity index (χ0n) is 8.99. The maximum Gasteiger partial charge on any atom is 0.170 e. The molecule has 0 radical (unpaired) electrons. The second-order valence-corrected chi connectivity index (χ2v) is 4.95. The van der Waals surface area contributed by atoms with E-state index in [9.17, 15) is 9.18 Å². The van der Waals surface area contributed by atoms with Gasteiger partial charge in [-0.05, 0) is 52.4 Å². The van der Waals surface area contributed by atoms with Crippen LogP contribution in [-0.4, -0.2) is 5.78 Å². The second-order valence-electron chi connectivity index (χ2n) is 3.71. The van der Waals surface area contributed by atoms with E-state index in [1.54, 1.807) is 12.1 Å². The molecular formula is C14H10FIO. The van der Waals surface area contributed by atoms with E-state index in [0.29, 0.717) is 0 Å². The van der Waals surface area contributed by atoms with Gasteiger partial charge in [-0.15, -0.1) is 0 Å². The first-order valence-corrected chi connectivity index (χ1v) is 6.27. The highest BCUT2D eigenvalue weighted by Crippen LogP contribution is 2.12. The Hall–Kier alpha value is -1.23. The summed E-state index contributed by atoms with van der Waals surface area (Å²) >= 11 is 2.20. The average Bonchev–Trinajstić information content (AvgIpc) is 2.32. The maximum absolute atomic E-state index is 13.4. The molecule has 86 valence electrons. The van der Waals surface area contributed by atoms with Gasteiger partial charge >= 0.3 is 0 Å². The van der Waals surface area contributed by atoms with Crippen LogP contribution in [0.1, 0.15) is 15.9 Å². The number of halogens is 2. The third-order valence-corrected chi connectivity index (χ3v) is 3.17. The van der Waals surface area contributed by atoms with Crippen LogP contribution < -0.4 is 0 Å². The quantitative estimate of drug-likeness (QED) is 0.613. The molecule has 0 aliphatic carbocycles. The van der Waals surface area contributed by atoms with E-state index in [-0.39, 0.29) is 17.8 Å². The summed E-state index contributed by atoms with van der Waals surface area (Å²) < 4.78 is 14.5. The zero-order valence-corrected chi connectivity index (χ0v) is 11.1. The highest BCUT2D eigenvalue weighted by Gasteiger charge is 2.11.